The quantitative estimate of drug-likeness (QED) is 0.510. The largest absolute Gasteiger partial charge is 0.309 e. The highest BCUT2D eigenvalue weighted by atomic mass is 16.6. The molecule has 136 valence electrons. The summed E-state index contributed by atoms with van der Waals surface area (Å²) in [6.07, 6.45) is 2.18. The van der Waals surface area contributed by atoms with Crippen molar-refractivity contribution in [2.45, 2.75) is 25.2 Å². The molecule has 2 aromatic carbocycles. The number of rotatable bonds is 6. The number of anilines is 1. The van der Waals surface area contributed by atoms with Crippen LogP contribution in [0, 0.1) is 10.1 Å². The first-order valence-electron chi connectivity index (χ1n) is 8.78. The van der Waals surface area contributed by atoms with E-state index < -0.39 is 4.92 Å². The van der Waals surface area contributed by atoms with Crippen LogP contribution >= 0.6 is 0 Å². The van der Waals surface area contributed by atoms with Crippen LogP contribution in [-0.2, 0) is 11.2 Å². The summed E-state index contributed by atoms with van der Waals surface area (Å²) >= 11 is 0. The first kappa shape index (κ1) is 17.0. The third-order valence-corrected chi connectivity index (χ3v) is 4.62. The number of benzene rings is 2. The number of nitro groups is 1. The highest BCUT2D eigenvalue weighted by Gasteiger charge is 2.26. The van der Waals surface area contributed by atoms with Crippen LogP contribution in [0.1, 0.15) is 30.0 Å². The lowest BCUT2D eigenvalue weighted by Crippen LogP contribution is -2.15. The van der Waals surface area contributed by atoms with Crippen molar-refractivity contribution in [1.29, 1.82) is 0 Å². The van der Waals surface area contributed by atoms with E-state index in [0.29, 0.717) is 17.3 Å². The molecule has 0 bridgehead atoms. The minimum Gasteiger partial charge on any atom is -0.309 e. The van der Waals surface area contributed by atoms with Crippen LogP contribution in [0.5, 0.6) is 0 Å². The van der Waals surface area contributed by atoms with E-state index in [4.69, 9.17) is 0 Å². The highest BCUT2D eigenvalue weighted by Crippen LogP contribution is 2.39. The molecule has 4 rings (SSSR count). The van der Waals surface area contributed by atoms with Gasteiger partial charge >= 0.3 is 0 Å². The van der Waals surface area contributed by atoms with E-state index in [2.05, 4.69) is 15.5 Å². The molecule has 27 heavy (non-hydrogen) atoms. The highest BCUT2D eigenvalue weighted by molar-refractivity contribution is 5.92. The molecule has 1 aromatic heterocycles. The van der Waals surface area contributed by atoms with Crippen LogP contribution in [-0.4, -0.2) is 21.0 Å². The number of nitrogens with one attached hydrogen (secondary N) is 2. The Balaban J connectivity index is 1.51. The van der Waals surface area contributed by atoms with Gasteiger partial charge in [-0.3, -0.25) is 20.0 Å². The fraction of sp³-hybridized carbons (Fsp3) is 0.200. The fourth-order valence-electron chi connectivity index (χ4n) is 3.06. The maximum absolute atomic E-state index is 12.3. The number of aromatic amines is 1. The van der Waals surface area contributed by atoms with Gasteiger partial charge in [-0.05, 0) is 24.0 Å². The minimum absolute atomic E-state index is 0.0628. The number of hydrogen-bond acceptors (Lipinski definition) is 4. The summed E-state index contributed by atoms with van der Waals surface area (Å²) in [5, 5.41) is 21.2. The molecule has 1 heterocycles. The molecule has 0 atom stereocenters. The van der Waals surface area contributed by atoms with Gasteiger partial charge in [0, 0.05) is 29.3 Å². The molecule has 0 spiro atoms. The average molecular weight is 362 g/mol. The summed E-state index contributed by atoms with van der Waals surface area (Å²) in [7, 11) is 0. The summed E-state index contributed by atoms with van der Waals surface area (Å²) in [5.74, 6) is 0.625. The second-order valence-corrected chi connectivity index (χ2v) is 6.67. The zero-order valence-electron chi connectivity index (χ0n) is 14.5. The lowest BCUT2D eigenvalue weighted by atomic mass is 10.0. The van der Waals surface area contributed by atoms with Crippen LogP contribution in [0.3, 0.4) is 0 Å². The van der Waals surface area contributed by atoms with Crippen LogP contribution in [0.4, 0.5) is 11.5 Å². The maximum Gasteiger partial charge on any atom is 0.273 e. The van der Waals surface area contributed by atoms with E-state index in [1.165, 1.54) is 6.07 Å². The van der Waals surface area contributed by atoms with Gasteiger partial charge in [-0.15, -0.1) is 0 Å². The first-order valence-corrected chi connectivity index (χ1v) is 8.78. The normalized spacial score (nSPS) is 13.3. The van der Waals surface area contributed by atoms with E-state index >= 15 is 0 Å². The van der Waals surface area contributed by atoms with Crippen molar-refractivity contribution in [2.24, 2.45) is 0 Å². The lowest BCUT2D eigenvalue weighted by molar-refractivity contribution is -0.385. The Morgan fingerprint density at radius 1 is 1.15 bits per heavy atom. The topological polar surface area (TPSA) is 101 Å². The van der Waals surface area contributed by atoms with E-state index in [-0.39, 0.29) is 18.0 Å². The molecule has 2 N–H and O–H groups in total. The standard InChI is InChI=1S/C20H18N4O3/c25-20(21-19-12-17(22-23-19)14-6-7-14)11-16-9-8-15(10-18(16)24(26)27)13-4-2-1-3-5-13/h1-5,8-10,12,14H,6-7,11H2,(H2,21,22,23,25). The van der Waals surface area contributed by atoms with Crippen LogP contribution < -0.4 is 5.32 Å². The zero-order chi connectivity index (χ0) is 18.8. The van der Waals surface area contributed by atoms with Crippen LogP contribution in [0.25, 0.3) is 11.1 Å². The molecule has 0 radical (unpaired) electrons. The van der Waals surface area contributed by atoms with E-state index in [1.54, 1.807) is 12.1 Å². The minimum atomic E-state index is -0.450. The maximum atomic E-state index is 12.3. The van der Waals surface area contributed by atoms with Crippen molar-refractivity contribution >= 4 is 17.4 Å². The Morgan fingerprint density at radius 3 is 2.63 bits per heavy atom. The third kappa shape index (κ3) is 3.87. The summed E-state index contributed by atoms with van der Waals surface area (Å²) < 4.78 is 0. The van der Waals surface area contributed by atoms with Crippen molar-refractivity contribution in [3.63, 3.8) is 0 Å². The first-order chi connectivity index (χ1) is 13.1. The monoisotopic (exact) mass is 362 g/mol. The molecule has 1 fully saturated rings. The van der Waals surface area contributed by atoms with Gasteiger partial charge in [0.15, 0.2) is 5.82 Å². The van der Waals surface area contributed by atoms with E-state index in [0.717, 1.165) is 29.7 Å². The SMILES string of the molecule is O=C(Cc1ccc(-c2ccccc2)cc1[N+](=O)[O-])Nc1cc(C2CC2)[nH]n1. The molecule has 0 unspecified atom stereocenters. The summed E-state index contributed by atoms with van der Waals surface area (Å²) in [4.78, 5) is 23.4. The molecule has 1 aliphatic rings. The molecular weight excluding hydrogens is 344 g/mol. The molecular formula is C20H18N4O3. The van der Waals surface area contributed by atoms with Crippen molar-refractivity contribution in [3.8, 4) is 11.1 Å². The van der Waals surface area contributed by atoms with Crippen molar-refractivity contribution in [1.82, 2.24) is 10.2 Å². The molecule has 7 heteroatoms. The van der Waals surface area contributed by atoms with Gasteiger partial charge in [0.2, 0.25) is 5.91 Å². The fourth-order valence-corrected chi connectivity index (χ4v) is 3.06. The molecule has 0 saturated heterocycles. The Bertz CT molecular complexity index is 993. The molecule has 1 aliphatic carbocycles. The van der Waals surface area contributed by atoms with Gasteiger partial charge in [-0.1, -0.05) is 42.5 Å². The molecule has 1 saturated carbocycles. The number of nitro benzene ring substituents is 1. The Labute approximate surface area is 155 Å². The molecule has 3 aromatic rings. The van der Waals surface area contributed by atoms with Gasteiger partial charge in [-0.2, -0.15) is 5.10 Å². The number of aromatic nitrogens is 2. The van der Waals surface area contributed by atoms with Gasteiger partial charge in [0.1, 0.15) is 0 Å². The van der Waals surface area contributed by atoms with Crippen molar-refractivity contribution in [3.05, 3.63) is 76.0 Å². The number of hydrogen-bond donors (Lipinski definition) is 2. The second kappa shape index (κ2) is 7.03. The van der Waals surface area contributed by atoms with Crippen LogP contribution in [0.15, 0.2) is 54.6 Å². The number of amides is 1. The smallest absolute Gasteiger partial charge is 0.273 e. The average Bonchev–Trinajstić information content (AvgIpc) is 3.42. The molecule has 1 amide bonds. The predicted octanol–water partition coefficient (Wildman–Crippen LogP) is 4.04. The Morgan fingerprint density at radius 2 is 1.93 bits per heavy atom. The molecule has 0 aliphatic heterocycles. The van der Waals surface area contributed by atoms with E-state index in [9.17, 15) is 14.9 Å². The Hall–Kier alpha value is -3.48. The van der Waals surface area contributed by atoms with Crippen molar-refractivity contribution in [2.75, 3.05) is 5.32 Å². The van der Waals surface area contributed by atoms with E-state index in [1.807, 2.05) is 36.4 Å². The lowest BCUT2D eigenvalue weighted by Gasteiger charge is -2.06. The zero-order valence-corrected chi connectivity index (χ0v) is 14.5. The number of H-pyrrole nitrogens is 1. The summed E-state index contributed by atoms with van der Waals surface area (Å²) in [5.41, 5.74) is 2.96. The van der Waals surface area contributed by atoms with Gasteiger partial charge in [0.25, 0.3) is 5.69 Å². The number of carbonyl (C=O) groups excluding carboxylic acids is 1. The number of carbonyl (C=O) groups is 1. The summed E-state index contributed by atoms with van der Waals surface area (Å²) in [6.45, 7) is 0. The van der Waals surface area contributed by atoms with Crippen molar-refractivity contribution < 1.29 is 9.72 Å². The van der Waals surface area contributed by atoms with Gasteiger partial charge in [-0.25, -0.2) is 0 Å². The van der Waals surface area contributed by atoms with Gasteiger partial charge < -0.3 is 5.32 Å². The second-order valence-electron chi connectivity index (χ2n) is 6.67. The third-order valence-electron chi connectivity index (χ3n) is 4.62. The number of nitrogens with zero attached hydrogens (tertiary/aromatic N) is 2. The molecule has 7 nitrogen and oxygen atoms in total. The predicted molar refractivity (Wildman–Crippen MR) is 101 cm³/mol. The van der Waals surface area contributed by atoms with Crippen LogP contribution in [0.2, 0.25) is 0 Å². The van der Waals surface area contributed by atoms with Gasteiger partial charge in [0.05, 0.1) is 11.3 Å². The Kier molecular flexibility index (Phi) is 4.42. The summed E-state index contributed by atoms with van der Waals surface area (Å²) in [6, 6.07) is 16.2.